The van der Waals surface area contributed by atoms with Crippen molar-refractivity contribution in [1.29, 1.82) is 0 Å². The maximum absolute atomic E-state index is 13.4. The van der Waals surface area contributed by atoms with Gasteiger partial charge in [-0.3, -0.25) is 9.36 Å². The normalized spacial score (nSPS) is 11.6. The van der Waals surface area contributed by atoms with E-state index in [0.29, 0.717) is 39.2 Å². The van der Waals surface area contributed by atoms with Gasteiger partial charge in [-0.25, -0.2) is 9.37 Å². The van der Waals surface area contributed by atoms with Crippen molar-refractivity contribution in [2.45, 2.75) is 37.7 Å². The van der Waals surface area contributed by atoms with Crippen LogP contribution in [0, 0.1) is 12.7 Å². The minimum atomic E-state index is -0.363. The lowest BCUT2D eigenvalue weighted by Crippen LogP contribution is -2.25. The quantitative estimate of drug-likeness (QED) is 0.401. The Hall–Kier alpha value is -2.94. The molecule has 3 aromatic heterocycles. The van der Waals surface area contributed by atoms with Gasteiger partial charge in [0.15, 0.2) is 5.16 Å². The van der Waals surface area contributed by atoms with Crippen molar-refractivity contribution in [1.82, 2.24) is 24.7 Å². The molecule has 0 aliphatic carbocycles. The summed E-state index contributed by atoms with van der Waals surface area (Å²) in [5, 5.41) is 4.49. The topological polar surface area (TPSA) is 89.6 Å². The average molecular weight is 399 g/mol. The second-order valence-electron chi connectivity index (χ2n) is 6.69. The van der Waals surface area contributed by atoms with Crippen molar-refractivity contribution in [3.05, 3.63) is 58.1 Å². The third-order valence-electron chi connectivity index (χ3n) is 4.18. The largest absolute Gasteiger partial charge is 0.353 e. The summed E-state index contributed by atoms with van der Waals surface area (Å²) in [4.78, 5) is 24.8. The molecule has 1 N–H and O–H groups in total. The smallest absolute Gasteiger partial charge is 0.278 e. The second-order valence-corrected chi connectivity index (χ2v) is 7.63. The zero-order valence-corrected chi connectivity index (χ0v) is 16.4. The van der Waals surface area contributed by atoms with Crippen molar-refractivity contribution in [3.8, 4) is 11.4 Å². The molecule has 144 valence electrons. The van der Waals surface area contributed by atoms with Crippen LogP contribution in [0.5, 0.6) is 0 Å². The zero-order chi connectivity index (χ0) is 19.8. The van der Waals surface area contributed by atoms with Crippen LogP contribution >= 0.6 is 11.8 Å². The molecule has 0 fully saturated rings. The summed E-state index contributed by atoms with van der Waals surface area (Å²) < 4.78 is 20.3. The van der Waals surface area contributed by atoms with Crippen molar-refractivity contribution < 1.29 is 8.91 Å². The van der Waals surface area contributed by atoms with Gasteiger partial charge in [-0.15, -0.1) is 0 Å². The molecule has 0 aliphatic heterocycles. The molecule has 7 nitrogen and oxygen atoms in total. The zero-order valence-electron chi connectivity index (χ0n) is 15.6. The maximum Gasteiger partial charge on any atom is 0.278 e. The molecule has 0 saturated carbocycles. The predicted octanol–water partition coefficient (Wildman–Crippen LogP) is 4.10. The van der Waals surface area contributed by atoms with Gasteiger partial charge in [0.1, 0.15) is 11.3 Å². The van der Waals surface area contributed by atoms with E-state index in [1.54, 1.807) is 16.7 Å². The molecule has 0 amide bonds. The Morgan fingerprint density at radius 2 is 2.11 bits per heavy atom. The lowest BCUT2D eigenvalue weighted by molar-refractivity contribution is 0.391. The van der Waals surface area contributed by atoms with Gasteiger partial charge in [0.05, 0.1) is 11.3 Å². The molecule has 4 rings (SSSR count). The fourth-order valence-corrected chi connectivity index (χ4v) is 3.90. The van der Waals surface area contributed by atoms with Crippen molar-refractivity contribution in [2.75, 3.05) is 0 Å². The lowest BCUT2D eigenvalue weighted by atomic mass is 10.2. The van der Waals surface area contributed by atoms with Crippen molar-refractivity contribution in [3.63, 3.8) is 0 Å². The number of thioether (sulfide) groups is 1. The first kappa shape index (κ1) is 18.4. The van der Waals surface area contributed by atoms with Crippen LogP contribution in [-0.4, -0.2) is 24.7 Å². The summed E-state index contributed by atoms with van der Waals surface area (Å²) in [5.41, 5.74) is 2.45. The summed E-state index contributed by atoms with van der Waals surface area (Å²) in [5.74, 6) is 0.676. The summed E-state index contributed by atoms with van der Waals surface area (Å²) in [6.07, 6.45) is 0. The van der Waals surface area contributed by atoms with Gasteiger partial charge in [-0.2, -0.15) is 4.98 Å². The van der Waals surface area contributed by atoms with Crippen molar-refractivity contribution >= 4 is 22.8 Å². The van der Waals surface area contributed by atoms with Crippen LogP contribution in [0.15, 0.2) is 44.8 Å². The highest BCUT2D eigenvalue weighted by Gasteiger charge is 2.17. The van der Waals surface area contributed by atoms with Gasteiger partial charge in [-0.1, -0.05) is 29.1 Å². The van der Waals surface area contributed by atoms with Crippen LogP contribution < -0.4 is 5.56 Å². The van der Waals surface area contributed by atoms with E-state index in [-0.39, 0.29) is 17.4 Å². The molecule has 0 radical (unpaired) electrons. The molecule has 3 heterocycles. The number of H-pyrrole nitrogens is 1. The molecule has 0 bridgehead atoms. The van der Waals surface area contributed by atoms with E-state index in [4.69, 9.17) is 4.52 Å². The van der Waals surface area contributed by atoms with Crippen LogP contribution in [0.1, 0.15) is 31.5 Å². The number of aryl methyl sites for hydroxylation is 1. The van der Waals surface area contributed by atoms with Gasteiger partial charge in [0, 0.05) is 17.3 Å². The van der Waals surface area contributed by atoms with E-state index >= 15 is 0 Å². The van der Waals surface area contributed by atoms with Gasteiger partial charge in [0.2, 0.25) is 11.7 Å². The van der Waals surface area contributed by atoms with E-state index in [1.807, 2.05) is 26.8 Å². The van der Waals surface area contributed by atoms with E-state index in [1.165, 1.54) is 23.9 Å². The highest BCUT2D eigenvalue weighted by Crippen LogP contribution is 2.25. The molecular weight excluding hydrogens is 381 g/mol. The van der Waals surface area contributed by atoms with Crippen LogP contribution in [0.4, 0.5) is 4.39 Å². The van der Waals surface area contributed by atoms with Crippen LogP contribution in [0.2, 0.25) is 0 Å². The molecule has 0 aliphatic rings. The van der Waals surface area contributed by atoms with E-state index < -0.39 is 0 Å². The number of fused-ring (bicyclic) bond motifs is 1. The molecule has 4 aromatic rings. The molecule has 0 saturated heterocycles. The number of nitrogens with one attached hydrogen (secondary N) is 1. The number of hydrogen-bond donors (Lipinski definition) is 1. The minimum Gasteiger partial charge on any atom is -0.353 e. The van der Waals surface area contributed by atoms with Gasteiger partial charge in [-0.05, 0) is 39.0 Å². The van der Waals surface area contributed by atoms with E-state index in [0.717, 1.165) is 5.69 Å². The summed E-state index contributed by atoms with van der Waals surface area (Å²) in [7, 11) is 0. The second kappa shape index (κ2) is 7.23. The molecule has 9 heteroatoms. The fourth-order valence-electron chi connectivity index (χ4n) is 2.93. The number of nitrogens with zero attached hydrogens (tertiary/aromatic N) is 4. The van der Waals surface area contributed by atoms with Crippen LogP contribution in [0.3, 0.4) is 0 Å². The minimum absolute atomic E-state index is 0.0546. The molecule has 0 unspecified atom stereocenters. The Morgan fingerprint density at radius 3 is 2.86 bits per heavy atom. The molecule has 0 spiro atoms. The Balaban J connectivity index is 1.62. The Bertz CT molecular complexity index is 1210. The Labute approximate surface area is 164 Å². The Kier molecular flexibility index (Phi) is 4.76. The molecule has 0 atom stereocenters. The lowest BCUT2D eigenvalue weighted by Gasteiger charge is -2.14. The first-order chi connectivity index (χ1) is 13.4. The highest BCUT2D eigenvalue weighted by molar-refractivity contribution is 7.98. The molecular formula is C19H18FN5O2S. The third kappa shape index (κ3) is 3.45. The van der Waals surface area contributed by atoms with Gasteiger partial charge < -0.3 is 9.51 Å². The maximum atomic E-state index is 13.4. The van der Waals surface area contributed by atoms with Gasteiger partial charge in [0.25, 0.3) is 5.56 Å². The first-order valence-electron chi connectivity index (χ1n) is 8.75. The molecule has 1 aromatic carbocycles. The van der Waals surface area contributed by atoms with E-state index in [2.05, 4.69) is 20.1 Å². The number of halogens is 1. The summed E-state index contributed by atoms with van der Waals surface area (Å²) in [6.45, 7) is 5.76. The average Bonchev–Trinajstić information content (AvgIpc) is 3.26. The third-order valence-corrected chi connectivity index (χ3v) is 5.12. The van der Waals surface area contributed by atoms with Crippen LogP contribution in [0.25, 0.3) is 22.4 Å². The summed E-state index contributed by atoms with van der Waals surface area (Å²) >= 11 is 1.35. The number of benzene rings is 1. The Morgan fingerprint density at radius 1 is 1.29 bits per heavy atom. The number of aromatic nitrogens is 5. The molecule has 28 heavy (non-hydrogen) atoms. The SMILES string of the molecule is Cc1cc2nc(SCc3nc(-c4cccc(F)c4)no3)n(C(C)C)c(=O)c2[nH]1. The first-order valence-corrected chi connectivity index (χ1v) is 9.74. The summed E-state index contributed by atoms with van der Waals surface area (Å²) in [6, 6.07) is 7.80. The van der Waals surface area contributed by atoms with Gasteiger partial charge >= 0.3 is 0 Å². The van der Waals surface area contributed by atoms with Crippen molar-refractivity contribution in [2.24, 2.45) is 0 Å². The monoisotopic (exact) mass is 399 g/mol. The van der Waals surface area contributed by atoms with Crippen LogP contribution in [-0.2, 0) is 5.75 Å². The highest BCUT2D eigenvalue weighted by atomic mass is 32.2. The number of aromatic amines is 1. The number of hydrogen-bond acceptors (Lipinski definition) is 6. The predicted molar refractivity (Wildman–Crippen MR) is 105 cm³/mol. The number of rotatable bonds is 5. The van der Waals surface area contributed by atoms with E-state index in [9.17, 15) is 9.18 Å². The fraction of sp³-hybridized carbons (Fsp3) is 0.263. The standard InChI is InChI=1S/C19H18FN5O2S/c1-10(2)25-18(26)16-14(7-11(3)21-16)22-19(25)28-9-15-23-17(24-27-15)12-5-4-6-13(20)8-12/h4-8,10,21H,9H2,1-3H3.